The van der Waals surface area contributed by atoms with Crippen LogP contribution in [0.3, 0.4) is 0 Å². The van der Waals surface area contributed by atoms with E-state index in [4.69, 9.17) is 0 Å². The van der Waals surface area contributed by atoms with E-state index in [-0.39, 0.29) is 0 Å². The summed E-state index contributed by atoms with van der Waals surface area (Å²) in [5.74, 6) is 2.00. The van der Waals surface area contributed by atoms with Crippen LogP contribution in [0, 0.1) is 0 Å². The van der Waals surface area contributed by atoms with E-state index in [2.05, 4.69) is 96.8 Å². The van der Waals surface area contributed by atoms with E-state index >= 15 is 0 Å². The summed E-state index contributed by atoms with van der Waals surface area (Å²) in [7, 11) is 0. The molecule has 1 unspecified atom stereocenters. The first kappa shape index (κ1) is 28.2. The molecule has 1 heterocycles. The predicted octanol–water partition coefficient (Wildman–Crippen LogP) is 9.04. The lowest BCUT2D eigenvalue weighted by Crippen LogP contribution is -2.37. The second kappa shape index (κ2) is 16.4. The predicted molar refractivity (Wildman–Crippen MR) is 155 cm³/mol. The summed E-state index contributed by atoms with van der Waals surface area (Å²) in [6.07, 6.45) is 19.6. The van der Waals surface area contributed by atoms with Crippen molar-refractivity contribution >= 4 is 0 Å². The van der Waals surface area contributed by atoms with Crippen molar-refractivity contribution in [1.29, 1.82) is 0 Å². The van der Waals surface area contributed by atoms with Crippen LogP contribution in [-0.4, -0.2) is 4.57 Å². The van der Waals surface area contributed by atoms with Gasteiger partial charge in [-0.1, -0.05) is 133 Å². The molecule has 1 aromatic heterocycles. The molecule has 196 valence electrons. The highest BCUT2D eigenvalue weighted by Gasteiger charge is 2.24. The van der Waals surface area contributed by atoms with Crippen LogP contribution in [0.2, 0.25) is 0 Å². The topological polar surface area (TPSA) is 8.81 Å². The van der Waals surface area contributed by atoms with Crippen LogP contribution in [0.25, 0.3) is 0 Å². The highest BCUT2D eigenvalue weighted by atomic mass is 15.2. The molecule has 3 aromatic rings. The van der Waals surface area contributed by atoms with Gasteiger partial charge in [-0.15, -0.1) is 0 Å². The molecule has 0 fully saturated rings. The van der Waals surface area contributed by atoms with E-state index in [1.807, 2.05) is 0 Å². The monoisotopic (exact) mass is 487 g/mol. The Labute approximate surface area is 221 Å². The number of imidazole rings is 1. The maximum Gasteiger partial charge on any atom is 0.261 e. The number of rotatable bonds is 18. The van der Waals surface area contributed by atoms with E-state index in [1.165, 1.54) is 93.3 Å². The fourth-order valence-electron chi connectivity index (χ4n) is 5.46. The van der Waals surface area contributed by atoms with Crippen LogP contribution >= 0.6 is 0 Å². The van der Waals surface area contributed by atoms with Crippen LogP contribution in [0.4, 0.5) is 0 Å². The molecule has 0 aliphatic carbocycles. The van der Waals surface area contributed by atoms with Crippen LogP contribution < -0.4 is 4.57 Å². The molecule has 2 nitrogen and oxygen atoms in total. The molecule has 0 saturated carbocycles. The summed E-state index contributed by atoms with van der Waals surface area (Å²) >= 11 is 0. The molecule has 0 aliphatic rings. The van der Waals surface area contributed by atoms with Crippen molar-refractivity contribution in [2.45, 2.75) is 123 Å². The fraction of sp³-hybridized carbons (Fsp3) is 0.559. The Morgan fingerprint density at radius 3 is 1.89 bits per heavy atom. The summed E-state index contributed by atoms with van der Waals surface area (Å²) in [6, 6.07) is 22.1. The average Bonchev–Trinajstić information content (AvgIpc) is 3.21. The quantitative estimate of drug-likeness (QED) is 0.125. The van der Waals surface area contributed by atoms with Gasteiger partial charge in [0.05, 0.1) is 19.5 Å². The Morgan fingerprint density at radius 2 is 1.28 bits per heavy atom. The summed E-state index contributed by atoms with van der Waals surface area (Å²) in [6.45, 7) is 9.22. The lowest BCUT2D eigenvalue weighted by atomic mass is 9.96. The lowest BCUT2D eigenvalue weighted by molar-refractivity contribution is -0.703. The summed E-state index contributed by atoms with van der Waals surface area (Å²) in [5.41, 5.74) is 4.35. The normalized spacial score (nSPS) is 12.2. The summed E-state index contributed by atoms with van der Waals surface area (Å²) in [4.78, 5) is 0. The zero-order valence-electron chi connectivity index (χ0n) is 23.4. The average molecular weight is 488 g/mol. The molecule has 3 rings (SSSR count). The van der Waals surface area contributed by atoms with Crippen LogP contribution in [0.15, 0.2) is 66.9 Å². The van der Waals surface area contributed by atoms with Crippen molar-refractivity contribution in [2.75, 3.05) is 0 Å². The van der Waals surface area contributed by atoms with Gasteiger partial charge in [-0.3, -0.25) is 0 Å². The number of hydrogen-bond donors (Lipinski definition) is 0. The third-order valence-corrected chi connectivity index (χ3v) is 7.58. The number of hydrogen-bond acceptors (Lipinski definition) is 0. The zero-order valence-corrected chi connectivity index (χ0v) is 23.4. The van der Waals surface area contributed by atoms with E-state index < -0.39 is 0 Å². The highest BCUT2D eigenvalue weighted by Crippen LogP contribution is 2.22. The van der Waals surface area contributed by atoms with Gasteiger partial charge in [0.15, 0.2) is 0 Å². The van der Waals surface area contributed by atoms with Gasteiger partial charge in [-0.25, -0.2) is 9.13 Å². The molecule has 0 amide bonds. The van der Waals surface area contributed by atoms with Gasteiger partial charge in [0.25, 0.3) is 5.82 Å². The minimum Gasteiger partial charge on any atom is -0.234 e. The van der Waals surface area contributed by atoms with Crippen molar-refractivity contribution < 1.29 is 4.57 Å². The number of aryl methyl sites for hydroxylation is 1. The molecule has 36 heavy (non-hydrogen) atoms. The largest absolute Gasteiger partial charge is 0.261 e. The Morgan fingerprint density at radius 1 is 0.694 bits per heavy atom. The first-order chi connectivity index (χ1) is 17.7. The molecule has 0 radical (unpaired) electrons. The van der Waals surface area contributed by atoms with E-state index in [1.54, 1.807) is 0 Å². The summed E-state index contributed by atoms with van der Waals surface area (Å²) in [5, 5.41) is 0. The molecule has 0 N–H and O–H groups in total. The lowest BCUT2D eigenvalue weighted by Gasteiger charge is -2.12. The first-order valence-corrected chi connectivity index (χ1v) is 14.9. The maximum atomic E-state index is 2.69. The van der Waals surface area contributed by atoms with Gasteiger partial charge in [0.2, 0.25) is 0 Å². The molecular formula is C34H51N2+. The Bertz CT molecular complexity index is 958. The van der Waals surface area contributed by atoms with E-state index in [9.17, 15) is 0 Å². The van der Waals surface area contributed by atoms with Crippen LogP contribution in [0.1, 0.15) is 120 Å². The number of benzene rings is 2. The maximum absolute atomic E-state index is 2.69. The molecular weight excluding hydrogens is 436 g/mol. The number of aromatic nitrogens is 2. The van der Waals surface area contributed by atoms with Gasteiger partial charge in [-0.05, 0) is 36.3 Å². The van der Waals surface area contributed by atoms with Gasteiger partial charge in [0.1, 0.15) is 11.9 Å². The van der Waals surface area contributed by atoms with Crippen molar-refractivity contribution in [1.82, 2.24) is 4.57 Å². The number of nitrogens with zero attached hydrogens (tertiary/aromatic N) is 2. The van der Waals surface area contributed by atoms with E-state index in [0.717, 1.165) is 25.9 Å². The van der Waals surface area contributed by atoms with Gasteiger partial charge >= 0.3 is 0 Å². The minimum absolute atomic E-state index is 0.521. The molecule has 1 atom stereocenters. The summed E-state index contributed by atoms with van der Waals surface area (Å²) < 4.78 is 5.24. The van der Waals surface area contributed by atoms with Crippen molar-refractivity contribution in [3.63, 3.8) is 0 Å². The molecule has 0 spiro atoms. The molecule has 2 heteroatoms. The van der Waals surface area contributed by atoms with Crippen molar-refractivity contribution in [3.8, 4) is 0 Å². The third-order valence-electron chi connectivity index (χ3n) is 7.58. The molecule has 0 bridgehead atoms. The smallest absolute Gasteiger partial charge is 0.234 e. The minimum atomic E-state index is 0.521. The molecule has 2 aromatic carbocycles. The first-order valence-electron chi connectivity index (χ1n) is 14.9. The number of unbranched alkanes of at least 4 members (excludes halogenated alkanes) is 9. The van der Waals surface area contributed by atoms with Crippen molar-refractivity contribution in [2.24, 2.45) is 0 Å². The second-order valence-corrected chi connectivity index (χ2v) is 10.7. The SMILES string of the molecule is CCCCCCCCCCCCn1c(CC(C)c2ccccc2)c[n+](CCC)c1Cc1ccccc1. The second-order valence-electron chi connectivity index (χ2n) is 10.7. The fourth-order valence-corrected chi connectivity index (χ4v) is 5.46. The van der Waals surface area contributed by atoms with Gasteiger partial charge < -0.3 is 0 Å². The Kier molecular flexibility index (Phi) is 12.9. The van der Waals surface area contributed by atoms with Gasteiger partial charge in [0, 0.05) is 6.42 Å². The Hall–Kier alpha value is -2.35. The van der Waals surface area contributed by atoms with E-state index in [0.29, 0.717) is 5.92 Å². The van der Waals surface area contributed by atoms with Crippen LogP contribution in [0.5, 0.6) is 0 Å². The third kappa shape index (κ3) is 9.26. The Balaban J connectivity index is 1.67. The highest BCUT2D eigenvalue weighted by molar-refractivity contribution is 5.22. The van der Waals surface area contributed by atoms with Crippen molar-refractivity contribution in [3.05, 3.63) is 89.5 Å². The zero-order chi connectivity index (χ0) is 25.4. The van der Waals surface area contributed by atoms with Crippen LogP contribution in [-0.2, 0) is 25.9 Å². The standard InChI is InChI=1S/C34H51N2/c1-4-6-7-8-9-10-11-12-13-20-26-36-33(27-30(3)32-23-18-15-19-24-32)29-35(25-5-2)34(36)28-31-21-16-14-17-22-31/h14-19,21-24,29-30H,4-13,20,25-28H2,1-3H3/q+1. The molecule has 0 aliphatic heterocycles. The van der Waals surface area contributed by atoms with Gasteiger partial charge in [-0.2, -0.15) is 0 Å². The molecule has 0 saturated heterocycles.